The predicted molar refractivity (Wildman–Crippen MR) is 126 cm³/mol. The fraction of sp³-hybridized carbons (Fsp3) is 0.231. The lowest BCUT2D eigenvalue weighted by Crippen LogP contribution is -2.26. The standard InChI is InChI=1S/C26H24N4O3/c1-2-33-24(32)17-19-11-8-13-21(19)30-23(31)15-14-20(27-30)25-22-12-6-7-16-29(22)28-26(25)18-9-4-3-5-10-18/h3-7,9-10,12,14-17,21H,2,8,11,13H2,1H3. The highest BCUT2D eigenvalue weighted by Gasteiger charge is 2.27. The molecular weight excluding hydrogens is 416 g/mol. The van der Waals surface area contributed by atoms with Gasteiger partial charge in [-0.15, -0.1) is 0 Å². The summed E-state index contributed by atoms with van der Waals surface area (Å²) in [6.07, 6.45) is 5.81. The van der Waals surface area contributed by atoms with Crippen LogP contribution >= 0.6 is 0 Å². The number of aromatic nitrogens is 4. The summed E-state index contributed by atoms with van der Waals surface area (Å²) in [5, 5.41) is 9.59. The molecule has 1 atom stereocenters. The SMILES string of the molecule is CCOC(=O)C=C1CCCC1n1nc(-c2c(-c3ccccc3)nn3ccccc23)ccc1=O. The fourth-order valence-electron chi connectivity index (χ4n) is 4.47. The van der Waals surface area contributed by atoms with Gasteiger partial charge in [-0.1, -0.05) is 36.4 Å². The Kier molecular flexibility index (Phi) is 5.60. The summed E-state index contributed by atoms with van der Waals surface area (Å²) >= 11 is 0. The zero-order valence-corrected chi connectivity index (χ0v) is 18.3. The van der Waals surface area contributed by atoms with Crippen molar-refractivity contribution in [2.75, 3.05) is 6.61 Å². The summed E-state index contributed by atoms with van der Waals surface area (Å²) in [7, 11) is 0. The van der Waals surface area contributed by atoms with Crippen LogP contribution in [0.3, 0.4) is 0 Å². The molecule has 0 aliphatic heterocycles. The summed E-state index contributed by atoms with van der Waals surface area (Å²) in [4.78, 5) is 24.9. The Morgan fingerprint density at radius 3 is 2.73 bits per heavy atom. The van der Waals surface area contributed by atoms with Gasteiger partial charge in [-0.05, 0) is 50.0 Å². The molecule has 1 fully saturated rings. The van der Waals surface area contributed by atoms with Crippen molar-refractivity contribution in [3.05, 3.63) is 88.9 Å². The average Bonchev–Trinajstić information content (AvgIpc) is 3.45. The van der Waals surface area contributed by atoms with E-state index in [4.69, 9.17) is 14.9 Å². The molecule has 0 bridgehead atoms. The van der Waals surface area contributed by atoms with Gasteiger partial charge in [-0.3, -0.25) is 4.79 Å². The van der Waals surface area contributed by atoms with E-state index < -0.39 is 0 Å². The summed E-state index contributed by atoms with van der Waals surface area (Å²) < 4.78 is 8.42. The quantitative estimate of drug-likeness (QED) is 0.339. The first-order valence-corrected chi connectivity index (χ1v) is 11.2. The maximum absolute atomic E-state index is 12.8. The second kappa shape index (κ2) is 8.86. The average molecular weight is 441 g/mol. The molecule has 7 heteroatoms. The topological polar surface area (TPSA) is 78.5 Å². The summed E-state index contributed by atoms with van der Waals surface area (Å²) in [6, 6.07) is 18.9. The molecule has 0 amide bonds. The van der Waals surface area contributed by atoms with Crippen LogP contribution in [0.2, 0.25) is 0 Å². The number of nitrogens with zero attached hydrogens (tertiary/aromatic N) is 4. The van der Waals surface area contributed by atoms with Crippen LogP contribution < -0.4 is 5.56 Å². The van der Waals surface area contributed by atoms with E-state index >= 15 is 0 Å². The van der Waals surface area contributed by atoms with E-state index in [-0.39, 0.29) is 17.6 Å². The Hall–Kier alpha value is -4.00. The maximum Gasteiger partial charge on any atom is 0.330 e. The molecule has 166 valence electrons. The number of hydrogen-bond acceptors (Lipinski definition) is 5. The minimum Gasteiger partial charge on any atom is -0.463 e. The van der Waals surface area contributed by atoms with Crippen molar-refractivity contribution in [3.8, 4) is 22.5 Å². The molecule has 1 aromatic carbocycles. The van der Waals surface area contributed by atoms with Crippen LogP contribution in [0.4, 0.5) is 0 Å². The van der Waals surface area contributed by atoms with Crippen LogP contribution in [-0.2, 0) is 9.53 Å². The molecule has 0 radical (unpaired) electrons. The Balaban J connectivity index is 1.65. The lowest BCUT2D eigenvalue weighted by Gasteiger charge is -2.16. The van der Waals surface area contributed by atoms with E-state index in [9.17, 15) is 9.59 Å². The molecule has 0 spiro atoms. The molecule has 0 N–H and O–H groups in total. The van der Waals surface area contributed by atoms with Gasteiger partial charge in [0.2, 0.25) is 0 Å². The Bertz CT molecular complexity index is 1400. The summed E-state index contributed by atoms with van der Waals surface area (Å²) in [6.45, 7) is 2.09. The first-order chi connectivity index (χ1) is 16.2. The van der Waals surface area contributed by atoms with E-state index in [1.165, 1.54) is 10.8 Å². The minimum absolute atomic E-state index is 0.196. The molecular formula is C26H24N4O3. The van der Waals surface area contributed by atoms with Gasteiger partial charge in [0.25, 0.3) is 5.56 Å². The molecule has 4 aromatic rings. The van der Waals surface area contributed by atoms with Crippen LogP contribution in [0.5, 0.6) is 0 Å². The third-order valence-corrected chi connectivity index (χ3v) is 5.92. The highest BCUT2D eigenvalue weighted by molar-refractivity contribution is 5.90. The number of carbonyl (C=O) groups excluding carboxylic acids is 1. The van der Waals surface area contributed by atoms with Gasteiger partial charge in [0.1, 0.15) is 5.69 Å². The number of allylic oxidation sites excluding steroid dienone is 1. The molecule has 0 saturated heterocycles. The first kappa shape index (κ1) is 20.9. The minimum atomic E-state index is -0.377. The van der Waals surface area contributed by atoms with E-state index in [1.54, 1.807) is 19.1 Å². The number of benzene rings is 1. The molecule has 33 heavy (non-hydrogen) atoms. The van der Waals surface area contributed by atoms with Crippen molar-refractivity contribution in [2.24, 2.45) is 0 Å². The van der Waals surface area contributed by atoms with E-state index in [1.807, 2.05) is 59.2 Å². The number of pyridine rings is 1. The van der Waals surface area contributed by atoms with Gasteiger partial charge in [0, 0.05) is 23.9 Å². The second-order valence-corrected chi connectivity index (χ2v) is 8.00. The number of ether oxygens (including phenoxy) is 1. The number of esters is 1. The zero-order valence-electron chi connectivity index (χ0n) is 18.3. The maximum atomic E-state index is 12.8. The van der Waals surface area contributed by atoms with Gasteiger partial charge < -0.3 is 4.74 Å². The highest BCUT2D eigenvalue weighted by Crippen LogP contribution is 2.36. The third-order valence-electron chi connectivity index (χ3n) is 5.92. The predicted octanol–water partition coefficient (Wildman–Crippen LogP) is 4.44. The second-order valence-electron chi connectivity index (χ2n) is 8.00. The number of rotatable bonds is 5. The van der Waals surface area contributed by atoms with Crippen LogP contribution in [0.25, 0.3) is 28.0 Å². The van der Waals surface area contributed by atoms with Crippen LogP contribution in [-0.4, -0.2) is 32.0 Å². The van der Waals surface area contributed by atoms with Crippen molar-refractivity contribution in [1.82, 2.24) is 19.4 Å². The smallest absolute Gasteiger partial charge is 0.330 e. The Morgan fingerprint density at radius 2 is 1.91 bits per heavy atom. The van der Waals surface area contributed by atoms with E-state index in [2.05, 4.69) is 0 Å². The Labute approximate surface area is 190 Å². The molecule has 1 aliphatic carbocycles. The third kappa shape index (κ3) is 3.98. The summed E-state index contributed by atoms with van der Waals surface area (Å²) in [5.41, 5.74) is 4.89. The van der Waals surface area contributed by atoms with Crippen LogP contribution in [0.1, 0.15) is 32.2 Å². The summed E-state index contributed by atoms with van der Waals surface area (Å²) in [5.74, 6) is -0.377. The van der Waals surface area contributed by atoms with Gasteiger partial charge in [0.15, 0.2) is 0 Å². The molecule has 1 aliphatic rings. The lowest BCUT2D eigenvalue weighted by atomic mass is 10.0. The van der Waals surface area contributed by atoms with Crippen LogP contribution in [0.15, 0.2) is 83.3 Å². The van der Waals surface area contributed by atoms with Crippen LogP contribution in [0, 0.1) is 0 Å². The molecule has 1 saturated carbocycles. The van der Waals surface area contributed by atoms with Gasteiger partial charge in [0.05, 0.1) is 29.4 Å². The van der Waals surface area contributed by atoms with Gasteiger partial charge in [-0.2, -0.15) is 10.2 Å². The zero-order chi connectivity index (χ0) is 22.8. The lowest BCUT2D eigenvalue weighted by molar-refractivity contribution is -0.137. The largest absolute Gasteiger partial charge is 0.463 e. The number of carbonyl (C=O) groups is 1. The molecule has 5 rings (SSSR count). The van der Waals surface area contributed by atoms with Crippen molar-refractivity contribution in [3.63, 3.8) is 0 Å². The van der Waals surface area contributed by atoms with Gasteiger partial charge in [-0.25, -0.2) is 14.0 Å². The van der Waals surface area contributed by atoms with Crippen molar-refractivity contribution in [2.45, 2.75) is 32.2 Å². The highest BCUT2D eigenvalue weighted by atomic mass is 16.5. The van der Waals surface area contributed by atoms with Crippen molar-refractivity contribution in [1.29, 1.82) is 0 Å². The van der Waals surface area contributed by atoms with Crippen molar-refractivity contribution >= 4 is 11.5 Å². The van der Waals surface area contributed by atoms with E-state index in [0.29, 0.717) is 12.3 Å². The molecule has 3 aromatic heterocycles. The number of fused-ring (bicyclic) bond motifs is 1. The van der Waals surface area contributed by atoms with E-state index in [0.717, 1.165) is 47.2 Å². The Morgan fingerprint density at radius 1 is 1.09 bits per heavy atom. The monoisotopic (exact) mass is 440 g/mol. The number of hydrogen-bond donors (Lipinski definition) is 0. The normalized spacial score (nSPS) is 17.0. The fourth-order valence-corrected chi connectivity index (χ4v) is 4.47. The van der Waals surface area contributed by atoms with Crippen molar-refractivity contribution < 1.29 is 9.53 Å². The molecule has 3 heterocycles. The first-order valence-electron chi connectivity index (χ1n) is 11.2. The molecule has 1 unspecified atom stereocenters. The van der Waals surface area contributed by atoms with Gasteiger partial charge >= 0.3 is 5.97 Å². The molecule has 7 nitrogen and oxygen atoms in total.